The highest BCUT2D eigenvalue weighted by Crippen LogP contribution is 2.52. The Morgan fingerprint density at radius 3 is 2.82 bits per heavy atom. The predicted molar refractivity (Wildman–Crippen MR) is 75.5 cm³/mol. The molecule has 0 N–H and O–H groups in total. The molecular weight excluding hydrogens is 206 g/mol. The Labute approximate surface area is 106 Å². The lowest BCUT2D eigenvalue weighted by molar-refractivity contribution is 0.184. The third-order valence-electron chi connectivity index (χ3n) is 5.04. The van der Waals surface area contributed by atoms with E-state index in [4.69, 9.17) is 0 Å². The smallest absolute Gasteiger partial charge is 0.0385 e. The molecule has 0 aromatic heterocycles. The van der Waals surface area contributed by atoms with Gasteiger partial charge in [-0.1, -0.05) is 32.1 Å². The second-order valence-corrected chi connectivity index (χ2v) is 6.14. The number of hydrogen-bond acceptors (Lipinski definition) is 1. The average molecular weight is 231 g/mol. The molecule has 2 aliphatic carbocycles. The van der Waals surface area contributed by atoms with E-state index in [0.29, 0.717) is 11.3 Å². The Morgan fingerprint density at radius 2 is 2.24 bits per heavy atom. The standard InChI is InChI=1S/C16H25N/c1-11(2)13-9-15(17-5)14-8-6-7-12(3)16(14,4)10-13/h8,12-13H,1,6-7,9-10H2,2-5H3. The van der Waals surface area contributed by atoms with Gasteiger partial charge in [0.05, 0.1) is 0 Å². The summed E-state index contributed by atoms with van der Waals surface area (Å²) in [7, 11) is 1.94. The number of hydrogen-bond donors (Lipinski definition) is 0. The summed E-state index contributed by atoms with van der Waals surface area (Å²) in [6.07, 6.45) is 7.34. The highest BCUT2D eigenvalue weighted by atomic mass is 14.7. The molecule has 0 spiro atoms. The summed E-state index contributed by atoms with van der Waals surface area (Å²) in [4.78, 5) is 4.55. The first kappa shape index (κ1) is 12.6. The lowest BCUT2D eigenvalue weighted by Gasteiger charge is -2.47. The van der Waals surface area contributed by atoms with Crippen molar-refractivity contribution in [3.63, 3.8) is 0 Å². The maximum Gasteiger partial charge on any atom is 0.0385 e. The van der Waals surface area contributed by atoms with E-state index >= 15 is 0 Å². The molecule has 1 nitrogen and oxygen atoms in total. The number of rotatable bonds is 1. The van der Waals surface area contributed by atoms with Crippen molar-refractivity contribution in [2.75, 3.05) is 7.05 Å². The van der Waals surface area contributed by atoms with Crippen LogP contribution in [0.2, 0.25) is 0 Å². The first-order valence-corrected chi connectivity index (χ1v) is 6.81. The molecule has 0 heterocycles. The SMILES string of the molecule is C=C(C)C1CC(=NC)C2=CCCC(C)C2(C)C1. The number of fused-ring (bicyclic) bond motifs is 1. The van der Waals surface area contributed by atoms with Crippen LogP contribution >= 0.6 is 0 Å². The largest absolute Gasteiger partial charge is 0.293 e. The minimum absolute atomic E-state index is 0.328. The van der Waals surface area contributed by atoms with Gasteiger partial charge in [0, 0.05) is 12.8 Å². The summed E-state index contributed by atoms with van der Waals surface area (Å²) < 4.78 is 0. The first-order valence-electron chi connectivity index (χ1n) is 6.81. The fourth-order valence-electron chi connectivity index (χ4n) is 3.54. The van der Waals surface area contributed by atoms with Gasteiger partial charge in [-0.05, 0) is 55.4 Å². The van der Waals surface area contributed by atoms with Crippen LogP contribution in [0.15, 0.2) is 28.8 Å². The van der Waals surface area contributed by atoms with Crippen molar-refractivity contribution >= 4 is 5.71 Å². The van der Waals surface area contributed by atoms with Crippen molar-refractivity contribution < 1.29 is 0 Å². The van der Waals surface area contributed by atoms with Crippen LogP contribution in [0.4, 0.5) is 0 Å². The molecule has 2 aliphatic rings. The molecule has 0 saturated heterocycles. The van der Waals surface area contributed by atoms with Gasteiger partial charge < -0.3 is 0 Å². The van der Waals surface area contributed by atoms with Crippen molar-refractivity contribution in [2.45, 2.75) is 46.5 Å². The summed E-state index contributed by atoms with van der Waals surface area (Å²) in [5.41, 5.74) is 4.52. The van der Waals surface area contributed by atoms with Gasteiger partial charge in [0.1, 0.15) is 0 Å². The molecule has 0 aliphatic heterocycles. The molecule has 0 aromatic rings. The normalized spacial score (nSPS) is 39.8. The predicted octanol–water partition coefficient (Wildman–Crippen LogP) is 4.41. The Balaban J connectivity index is 2.41. The van der Waals surface area contributed by atoms with Crippen LogP contribution < -0.4 is 0 Å². The molecule has 0 bridgehead atoms. The zero-order valence-corrected chi connectivity index (χ0v) is 11.7. The Hall–Kier alpha value is -0.850. The molecule has 17 heavy (non-hydrogen) atoms. The van der Waals surface area contributed by atoms with Crippen LogP contribution in [-0.2, 0) is 0 Å². The van der Waals surface area contributed by atoms with Gasteiger partial charge in [0.2, 0.25) is 0 Å². The third kappa shape index (κ3) is 2.00. The van der Waals surface area contributed by atoms with E-state index in [1.54, 1.807) is 0 Å². The molecule has 0 radical (unpaired) electrons. The number of nitrogens with zero attached hydrogens (tertiary/aromatic N) is 1. The van der Waals surface area contributed by atoms with Gasteiger partial charge in [-0.15, -0.1) is 0 Å². The molecule has 3 unspecified atom stereocenters. The van der Waals surface area contributed by atoms with Crippen molar-refractivity contribution in [3.05, 3.63) is 23.8 Å². The monoisotopic (exact) mass is 231 g/mol. The quantitative estimate of drug-likeness (QED) is 0.593. The van der Waals surface area contributed by atoms with E-state index in [2.05, 4.69) is 38.4 Å². The van der Waals surface area contributed by atoms with E-state index < -0.39 is 0 Å². The molecule has 1 heteroatoms. The van der Waals surface area contributed by atoms with Crippen molar-refractivity contribution in [3.8, 4) is 0 Å². The molecule has 3 atom stereocenters. The van der Waals surface area contributed by atoms with E-state index in [1.165, 1.54) is 36.1 Å². The van der Waals surface area contributed by atoms with Crippen molar-refractivity contribution in [1.82, 2.24) is 0 Å². The van der Waals surface area contributed by atoms with E-state index in [9.17, 15) is 0 Å². The molecular formula is C16H25N. The summed E-state index contributed by atoms with van der Waals surface area (Å²) in [5, 5.41) is 0. The van der Waals surface area contributed by atoms with Gasteiger partial charge in [0.15, 0.2) is 0 Å². The van der Waals surface area contributed by atoms with Crippen LogP contribution in [0.25, 0.3) is 0 Å². The summed E-state index contributed by atoms with van der Waals surface area (Å²) in [6, 6.07) is 0. The first-order chi connectivity index (χ1) is 7.99. The number of allylic oxidation sites excluding steroid dienone is 3. The Kier molecular flexibility index (Phi) is 3.29. The van der Waals surface area contributed by atoms with Crippen LogP contribution in [0, 0.1) is 17.3 Å². The molecule has 1 fully saturated rings. The molecule has 2 rings (SSSR count). The highest BCUT2D eigenvalue weighted by Gasteiger charge is 2.44. The number of aliphatic imine (C=N–C) groups is 1. The summed E-state index contributed by atoms with van der Waals surface area (Å²) in [5.74, 6) is 1.39. The van der Waals surface area contributed by atoms with Gasteiger partial charge in [-0.3, -0.25) is 4.99 Å². The van der Waals surface area contributed by atoms with Gasteiger partial charge >= 0.3 is 0 Å². The van der Waals surface area contributed by atoms with Crippen LogP contribution in [0.3, 0.4) is 0 Å². The van der Waals surface area contributed by atoms with Crippen molar-refractivity contribution in [2.24, 2.45) is 22.2 Å². The van der Waals surface area contributed by atoms with Crippen LogP contribution in [-0.4, -0.2) is 12.8 Å². The van der Waals surface area contributed by atoms with Gasteiger partial charge in [-0.2, -0.15) is 0 Å². The molecule has 0 aromatic carbocycles. The lowest BCUT2D eigenvalue weighted by atomic mass is 9.57. The average Bonchev–Trinajstić information content (AvgIpc) is 2.29. The second kappa shape index (κ2) is 4.44. The van der Waals surface area contributed by atoms with E-state index in [0.717, 1.165) is 12.3 Å². The lowest BCUT2D eigenvalue weighted by Crippen LogP contribution is -2.41. The van der Waals surface area contributed by atoms with Crippen LogP contribution in [0.1, 0.15) is 46.5 Å². The molecule has 94 valence electrons. The zero-order chi connectivity index (χ0) is 12.6. The van der Waals surface area contributed by atoms with Crippen LogP contribution in [0.5, 0.6) is 0 Å². The van der Waals surface area contributed by atoms with Gasteiger partial charge in [0.25, 0.3) is 0 Å². The minimum atomic E-state index is 0.328. The topological polar surface area (TPSA) is 12.4 Å². The Morgan fingerprint density at radius 1 is 1.53 bits per heavy atom. The summed E-state index contributed by atoms with van der Waals surface area (Å²) >= 11 is 0. The third-order valence-corrected chi connectivity index (χ3v) is 5.04. The second-order valence-electron chi connectivity index (χ2n) is 6.14. The van der Waals surface area contributed by atoms with E-state index in [1.807, 2.05) is 7.05 Å². The molecule has 0 amide bonds. The zero-order valence-electron chi connectivity index (χ0n) is 11.7. The fraction of sp³-hybridized carbons (Fsp3) is 0.688. The van der Waals surface area contributed by atoms with Crippen molar-refractivity contribution in [1.29, 1.82) is 0 Å². The minimum Gasteiger partial charge on any atom is -0.293 e. The van der Waals surface area contributed by atoms with E-state index in [-0.39, 0.29) is 0 Å². The maximum absolute atomic E-state index is 4.55. The fourth-order valence-corrected chi connectivity index (χ4v) is 3.54. The van der Waals surface area contributed by atoms with Gasteiger partial charge in [-0.25, -0.2) is 0 Å². The maximum atomic E-state index is 4.55. The Bertz CT molecular complexity index is 388. The highest BCUT2D eigenvalue weighted by molar-refractivity contribution is 6.02. The summed E-state index contributed by atoms with van der Waals surface area (Å²) in [6.45, 7) is 11.2. The molecule has 1 saturated carbocycles.